The number of fused-ring (bicyclic) bond motifs is 1. The molecule has 0 radical (unpaired) electrons. The van der Waals surface area contributed by atoms with Crippen LogP contribution in [-0.4, -0.2) is 134 Å². The predicted molar refractivity (Wildman–Crippen MR) is 257 cm³/mol. The van der Waals surface area contributed by atoms with Crippen LogP contribution in [0.2, 0.25) is 0 Å². The highest BCUT2D eigenvalue weighted by Crippen LogP contribution is 2.61. The van der Waals surface area contributed by atoms with Gasteiger partial charge in [-0.3, -0.25) is 32.5 Å². The molecule has 29 heteroatoms. The molecular formula is C41H68N7O18P3S. The summed E-state index contributed by atoms with van der Waals surface area (Å²) in [5.74, 6) is -1.25. The SMILES string of the molecule is CCCCC/C=C\C/C=C\C/C=C\CCCC[C@@H](O)CC(=O)SCCNC(=O)CCNC(=O)[C@H](O)C(C)(C)COP(=O)(O)OP(=O)(O)OC[C@H]1O[C@@H](n2cnc3c(N)ncnc32)[C@H](O)[C@@H]1OP(=O)(O)O. The van der Waals surface area contributed by atoms with Crippen LogP contribution in [0.15, 0.2) is 49.1 Å². The molecule has 1 aliphatic heterocycles. The highest BCUT2D eigenvalue weighted by Gasteiger charge is 2.50. The number of amides is 2. The Bertz CT molecular complexity index is 2210. The average molecular weight is 1070 g/mol. The largest absolute Gasteiger partial charge is 0.481 e. The number of aliphatic hydroxyl groups is 3. The lowest BCUT2D eigenvalue weighted by Gasteiger charge is -2.30. The van der Waals surface area contributed by atoms with Crippen molar-refractivity contribution in [1.29, 1.82) is 0 Å². The fourth-order valence-corrected chi connectivity index (χ4v) is 10.2. The van der Waals surface area contributed by atoms with Crippen molar-refractivity contribution < 1.29 is 85.6 Å². The fraction of sp³-hybridized carbons (Fsp3) is 0.659. The Morgan fingerprint density at radius 2 is 1.56 bits per heavy atom. The summed E-state index contributed by atoms with van der Waals surface area (Å²) in [7, 11) is -16.5. The molecule has 3 heterocycles. The fourth-order valence-electron chi connectivity index (χ4n) is 6.58. The predicted octanol–water partition coefficient (Wildman–Crippen LogP) is 4.01. The van der Waals surface area contributed by atoms with E-state index in [1.807, 2.05) is 0 Å². The second kappa shape index (κ2) is 30.1. The van der Waals surface area contributed by atoms with Crippen LogP contribution >= 0.6 is 35.2 Å². The summed E-state index contributed by atoms with van der Waals surface area (Å²) in [5.41, 5.74) is 4.25. The molecule has 2 aromatic rings. The van der Waals surface area contributed by atoms with Crippen molar-refractivity contribution >= 4 is 69.1 Å². The molecule has 2 amide bonds. The van der Waals surface area contributed by atoms with Gasteiger partial charge in [-0.25, -0.2) is 28.6 Å². The standard InChI is InChI=1S/C41H68N7O18P3S/c1-4-5-6-7-8-9-10-11-12-13-14-15-16-17-18-19-29(49)24-32(51)70-23-22-43-31(50)20-21-44-39(54)36(53)41(2,3)26-63-69(60,61)66-68(58,59)62-25-30-35(65-67(55,56)57)34(52)40(64-30)48-28-47-33-37(42)45-27-46-38(33)48/h8-9,11-12,14-15,27-30,34-36,40,49,52-53H,4-7,10,13,16-26H2,1-3H3,(H,43,50)(H,44,54)(H,58,59)(H,60,61)(H2,42,45,46)(H2,55,56,57)/b9-8-,12-11-,15-14-/t29-,30-,34-,35-,36+,40-/m1/s1. The van der Waals surface area contributed by atoms with E-state index in [1.165, 1.54) is 33.1 Å². The van der Waals surface area contributed by atoms with Crippen LogP contribution in [-0.2, 0) is 50.7 Å². The molecule has 0 aromatic carbocycles. The van der Waals surface area contributed by atoms with Crippen LogP contribution in [0, 0.1) is 5.41 Å². The first-order chi connectivity index (χ1) is 32.9. The van der Waals surface area contributed by atoms with Gasteiger partial charge in [0.2, 0.25) is 11.8 Å². The number of unbranched alkanes of at least 4 members (excludes halogenated alkanes) is 5. The summed E-state index contributed by atoms with van der Waals surface area (Å²) < 4.78 is 62.4. The molecule has 0 aliphatic carbocycles. The number of carbonyl (C=O) groups is 3. The van der Waals surface area contributed by atoms with Gasteiger partial charge in [-0.1, -0.05) is 88.3 Å². The Balaban J connectivity index is 1.31. The number of carbonyl (C=O) groups excluding carboxylic acids is 3. The highest BCUT2D eigenvalue weighted by molar-refractivity contribution is 8.13. The van der Waals surface area contributed by atoms with E-state index in [0.29, 0.717) is 6.42 Å². The summed E-state index contributed by atoms with van der Waals surface area (Å²) in [5, 5.41) is 36.6. The van der Waals surface area contributed by atoms with E-state index in [4.69, 9.17) is 19.5 Å². The molecule has 1 fully saturated rings. The molecule has 70 heavy (non-hydrogen) atoms. The monoisotopic (exact) mass is 1070 g/mol. The third-order valence-electron chi connectivity index (χ3n) is 10.3. The quantitative estimate of drug-likeness (QED) is 0.0269. The van der Waals surface area contributed by atoms with E-state index < -0.39 is 90.7 Å². The van der Waals surface area contributed by atoms with Crippen molar-refractivity contribution in [3.63, 3.8) is 0 Å². The molecule has 396 valence electrons. The summed E-state index contributed by atoms with van der Waals surface area (Å²) in [4.78, 5) is 88.5. The van der Waals surface area contributed by atoms with Crippen molar-refractivity contribution in [3.05, 3.63) is 49.1 Å². The van der Waals surface area contributed by atoms with E-state index in [2.05, 4.69) is 77.8 Å². The van der Waals surface area contributed by atoms with Crippen LogP contribution in [0.25, 0.3) is 11.2 Å². The zero-order valence-corrected chi connectivity index (χ0v) is 42.8. The van der Waals surface area contributed by atoms with Gasteiger partial charge in [0, 0.05) is 37.1 Å². The van der Waals surface area contributed by atoms with E-state index >= 15 is 0 Å². The number of thioether (sulfide) groups is 1. The Labute approximate surface area is 410 Å². The number of anilines is 1. The maximum Gasteiger partial charge on any atom is 0.481 e. The molecular weight excluding hydrogens is 1000 g/mol. The Hall–Kier alpha value is -3.26. The summed E-state index contributed by atoms with van der Waals surface area (Å²) in [6.45, 7) is 2.56. The van der Waals surface area contributed by atoms with Crippen LogP contribution < -0.4 is 16.4 Å². The van der Waals surface area contributed by atoms with Crippen LogP contribution in [0.1, 0.15) is 104 Å². The van der Waals surface area contributed by atoms with Crippen molar-refractivity contribution in [2.45, 2.75) is 135 Å². The number of phosphoric ester groups is 3. The first-order valence-corrected chi connectivity index (χ1v) is 28.1. The number of hydrogen-bond acceptors (Lipinski definition) is 19. The number of imidazole rings is 1. The topological polar surface area (TPSA) is 384 Å². The molecule has 3 rings (SSSR count). The summed E-state index contributed by atoms with van der Waals surface area (Å²) in [6, 6.07) is 0. The molecule has 0 bridgehead atoms. The Morgan fingerprint density at radius 3 is 2.21 bits per heavy atom. The van der Waals surface area contributed by atoms with Crippen molar-refractivity contribution in [1.82, 2.24) is 30.2 Å². The minimum absolute atomic E-state index is 0.00577. The van der Waals surface area contributed by atoms with Gasteiger partial charge in [0.05, 0.1) is 25.6 Å². The van der Waals surface area contributed by atoms with Gasteiger partial charge in [0.1, 0.15) is 36.3 Å². The van der Waals surface area contributed by atoms with Crippen molar-refractivity contribution in [2.24, 2.45) is 5.41 Å². The zero-order valence-electron chi connectivity index (χ0n) is 39.3. The van der Waals surface area contributed by atoms with E-state index in [9.17, 15) is 63.0 Å². The number of nitrogens with one attached hydrogen (secondary N) is 2. The van der Waals surface area contributed by atoms with Gasteiger partial charge >= 0.3 is 23.5 Å². The van der Waals surface area contributed by atoms with Crippen LogP contribution in [0.5, 0.6) is 0 Å². The zero-order chi connectivity index (χ0) is 52.0. The Kier molecular flexibility index (Phi) is 26.2. The molecule has 1 saturated heterocycles. The normalized spacial score (nSPS) is 20.5. The number of nitrogen functional groups attached to an aromatic ring is 1. The first kappa shape index (κ1) is 61.0. The van der Waals surface area contributed by atoms with E-state index in [1.54, 1.807) is 0 Å². The number of aliphatic hydroxyl groups excluding tert-OH is 3. The average Bonchev–Trinajstić information content (AvgIpc) is 3.84. The van der Waals surface area contributed by atoms with Gasteiger partial charge in [-0.2, -0.15) is 4.31 Å². The Morgan fingerprint density at radius 1 is 0.914 bits per heavy atom. The third-order valence-corrected chi connectivity index (χ3v) is 14.3. The second-order valence-electron chi connectivity index (χ2n) is 16.8. The number of phosphoric acid groups is 3. The third kappa shape index (κ3) is 22.7. The first-order valence-electron chi connectivity index (χ1n) is 22.6. The molecule has 1 aliphatic rings. The number of hydrogen-bond donors (Lipinski definition) is 10. The highest BCUT2D eigenvalue weighted by atomic mass is 32.2. The van der Waals surface area contributed by atoms with Gasteiger partial charge in [-0.05, 0) is 44.9 Å². The second-order valence-corrected chi connectivity index (χ2v) is 22.2. The molecule has 0 saturated carbocycles. The summed E-state index contributed by atoms with van der Waals surface area (Å²) >= 11 is 0.981. The van der Waals surface area contributed by atoms with Gasteiger partial charge in [-0.15, -0.1) is 0 Å². The van der Waals surface area contributed by atoms with Gasteiger partial charge < -0.3 is 56.0 Å². The number of nitrogens with zero attached hydrogens (tertiary/aromatic N) is 4. The van der Waals surface area contributed by atoms with Gasteiger partial charge in [0.25, 0.3) is 0 Å². The molecule has 2 unspecified atom stereocenters. The molecule has 0 spiro atoms. The number of aromatic nitrogens is 4. The number of allylic oxidation sites excluding steroid dienone is 6. The lowest BCUT2D eigenvalue weighted by atomic mass is 9.87. The van der Waals surface area contributed by atoms with Crippen molar-refractivity contribution in [2.75, 3.05) is 37.8 Å². The van der Waals surface area contributed by atoms with Gasteiger partial charge in [0.15, 0.2) is 22.8 Å². The smallest absolute Gasteiger partial charge is 0.393 e. The van der Waals surface area contributed by atoms with Crippen molar-refractivity contribution in [3.8, 4) is 0 Å². The van der Waals surface area contributed by atoms with Crippen LogP contribution in [0.3, 0.4) is 0 Å². The lowest BCUT2D eigenvalue weighted by Crippen LogP contribution is -2.46. The van der Waals surface area contributed by atoms with E-state index in [-0.39, 0.29) is 53.8 Å². The summed E-state index contributed by atoms with van der Waals surface area (Å²) in [6.07, 6.45) is 15.0. The van der Waals surface area contributed by atoms with Crippen LogP contribution in [0.4, 0.5) is 5.82 Å². The minimum Gasteiger partial charge on any atom is -0.393 e. The number of rotatable bonds is 34. The molecule has 2 aromatic heterocycles. The lowest BCUT2D eigenvalue weighted by molar-refractivity contribution is -0.137. The molecule has 25 nitrogen and oxygen atoms in total. The maximum atomic E-state index is 12.7. The maximum absolute atomic E-state index is 12.7. The number of nitrogens with two attached hydrogens (primary N) is 1. The molecule has 11 N–H and O–H groups in total. The van der Waals surface area contributed by atoms with E-state index in [0.717, 1.165) is 67.5 Å². The minimum atomic E-state index is -5.59. The number of ether oxygens (including phenoxy) is 1. The molecule has 8 atom stereocenters.